The molecular formula is C21H21BrFN3O3. The Morgan fingerprint density at radius 2 is 2.10 bits per heavy atom. The highest BCUT2D eigenvalue weighted by molar-refractivity contribution is 9.10. The third-order valence-electron chi connectivity index (χ3n) is 4.23. The number of anilines is 1. The van der Waals surface area contributed by atoms with E-state index in [1.54, 1.807) is 48.1 Å². The summed E-state index contributed by atoms with van der Waals surface area (Å²) < 4.78 is 27.8. The zero-order chi connectivity index (χ0) is 21.0. The summed E-state index contributed by atoms with van der Waals surface area (Å²) in [5.41, 5.74) is 1.06. The van der Waals surface area contributed by atoms with Crippen molar-refractivity contribution in [2.75, 3.05) is 19.0 Å². The zero-order valence-electron chi connectivity index (χ0n) is 16.3. The zero-order valence-corrected chi connectivity index (χ0v) is 17.9. The van der Waals surface area contributed by atoms with Gasteiger partial charge in [-0.1, -0.05) is 6.92 Å². The highest BCUT2D eigenvalue weighted by atomic mass is 79.9. The lowest BCUT2D eigenvalue weighted by atomic mass is 10.1. The van der Waals surface area contributed by atoms with Gasteiger partial charge in [0, 0.05) is 23.6 Å². The van der Waals surface area contributed by atoms with Crippen LogP contribution in [0.25, 0.3) is 5.69 Å². The lowest BCUT2D eigenvalue weighted by Crippen LogP contribution is -2.13. The monoisotopic (exact) mass is 461 g/mol. The summed E-state index contributed by atoms with van der Waals surface area (Å²) in [6.07, 6.45) is 4.12. The highest BCUT2D eigenvalue weighted by Crippen LogP contribution is 2.37. The van der Waals surface area contributed by atoms with E-state index in [0.717, 1.165) is 6.42 Å². The summed E-state index contributed by atoms with van der Waals surface area (Å²) in [4.78, 5) is 16.8. The molecule has 0 saturated heterocycles. The molecule has 0 unspecified atom stereocenters. The molecule has 29 heavy (non-hydrogen) atoms. The molecule has 0 fully saturated rings. The Balaban J connectivity index is 1.82. The Kier molecular flexibility index (Phi) is 6.53. The number of hydrogen-bond acceptors (Lipinski definition) is 4. The molecule has 0 aliphatic rings. The quantitative estimate of drug-likeness (QED) is 0.529. The minimum atomic E-state index is -0.467. The molecule has 1 aromatic heterocycles. The van der Waals surface area contributed by atoms with Gasteiger partial charge < -0.3 is 19.4 Å². The van der Waals surface area contributed by atoms with Crippen LogP contribution in [0.4, 0.5) is 10.1 Å². The minimum Gasteiger partial charge on any atom is -0.493 e. The van der Waals surface area contributed by atoms with Crippen LogP contribution in [0.3, 0.4) is 0 Å². The first-order chi connectivity index (χ1) is 13.9. The number of halogens is 2. The molecule has 8 heteroatoms. The van der Waals surface area contributed by atoms with Gasteiger partial charge in [-0.2, -0.15) is 0 Å². The van der Waals surface area contributed by atoms with E-state index in [-0.39, 0.29) is 0 Å². The molecule has 0 saturated carbocycles. The van der Waals surface area contributed by atoms with Gasteiger partial charge >= 0.3 is 0 Å². The number of imidazole rings is 1. The van der Waals surface area contributed by atoms with Crippen LogP contribution >= 0.6 is 15.9 Å². The van der Waals surface area contributed by atoms with E-state index in [1.165, 1.54) is 13.2 Å². The molecule has 3 rings (SSSR count). The van der Waals surface area contributed by atoms with Crippen LogP contribution in [0, 0.1) is 12.7 Å². The number of rotatable bonds is 7. The summed E-state index contributed by atoms with van der Waals surface area (Å²) in [7, 11) is 1.51. The molecule has 6 nitrogen and oxygen atoms in total. The van der Waals surface area contributed by atoms with Crippen molar-refractivity contribution in [3.63, 3.8) is 0 Å². The summed E-state index contributed by atoms with van der Waals surface area (Å²) in [5, 5.41) is 2.71. The molecule has 0 bridgehead atoms. The van der Waals surface area contributed by atoms with E-state index in [4.69, 9.17) is 9.47 Å². The van der Waals surface area contributed by atoms with E-state index in [1.807, 2.05) is 6.92 Å². The number of amides is 1. The van der Waals surface area contributed by atoms with Gasteiger partial charge in [-0.05, 0) is 59.6 Å². The van der Waals surface area contributed by atoms with Gasteiger partial charge in [0.05, 0.1) is 23.9 Å². The van der Waals surface area contributed by atoms with Gasteiger partial charge in [0.2, 0.25) is 0 Å². The fourth-order valence-corrected chi connectivity index (χ4v) is 3.37. The van der Waals surface area contributed by atoms with E-state index in [9.17, 15) is 9.18 Å². The van der Waals surface area contributed by atoms with Crippen molar-refractivity contribution in [3.8, 4) is 17.2 Å². The number of hydrogen-bond donors (Lipinski definition) is 1. The largest absolute Gasteiger partial charge is 0.493 e. The maximum Gasteiger partial charge on any atom is 0.255 e. The van der Waals surface area contributed by atoms with Crippen LogP contribution in [0.1, 0.15) is 29.5 Å². The van der Waals surface area contributed by atoms with Gasteiger partial charge in [0.1, 0.15) is 11.6 Å². The summed E-state index contributed by atoms with van der Waals surface area (Å²) in [6, 6.07) is 7.74. The number of nitrogens with one attached hydrogen (secondary N) is 1. The topological polar surface area (TPSA) is 65.4 Å². The van der Waals surface area contributed by atoms with Gasteiger partial charge in [-0.15, -0.1) is 0 Å². The van der Waals surface area contributed by atoms with Crippen molar-refractivity contribution >= 4 is 27.5 Å². The molecule has 0 spiro atoms. The van der Waals surface area contributed by atoms with Gasteiger partial charge in [0.15, 0.2) is 11.5 Å². The number of carbonyl (C=O) groups is 1. The van der Waals surface area contributed by atoms with Crippen LogP contribution in [0.15, 0.2) is 47.2 Å². The Morgan fingerprint density at radius 1 is 1.31 bits per heavy atom. The first kappa shape index (κ1) is 20.9. The number of ether oxygens (including phenoxy) is 2. The molecule has 2 aromatic carbocycles. The second-order valence-electron chi connectivity index (χ2n) is 6.30. The van der Waals surface area contributed by atoms with Crippen molar-refractivity contribution in [2.45, 2.75) is 20.3 Å². The second kappa shape index (κ2) is 9.09. The maximum atomic E-state index is 14.6. The van der Waals surface area contributed by atoms with Gasteiger partial charge in [-0.3, -0.25) is 4.79 Å². The molecule has 1 heterocycles. The van der Waals surface area contributed by atoms with Crippen LogP contribution in [0.2, 0.25) is 0 Å². The maximum absolute atomic E-state index is 14.6. The van der Waals surface area contributed by atoms with Crippen molar-refractivity contribution in [2.24, 2.45) is 0 Å². The molecule has 0 atom stereocenters. The fourth-order valence-electron chi connectivity index (χ4n) is 2.81. The van der Waals surface area contributed by atoms with Gasteiger partial charge in [0.25, 0.3) is 5.91 Å². The predicted octanol–water partition coefficient (Wildman–Crippen LogP) is 5.13. The van der Waals surface area contributed by atoms with Crippen molar-refractivity contribution in [1.82, 2.24) is 9.55 Å². The average molecular weight is 462 g/mol. The molecular weight excluding hydrogens is 441 g/mol. The summed E-state index contributed by atoms with van der Waals surface area (Å²) >= 11 is 3.42. The molecule has 1 N–H and O–H groups in total. The number of nitrogens with zero attached hydrogens (tertiary/aromatic N) is 2. The summed E-state index contributed by atoms with van der Waals surface area (Å²) in [5.74, 6) is 0.790. The predicted molar refractivity (Wildman–Crippen MR) is 113 cm³/mol. The van der Waals surface area contributed by atoms with Crippen molar-refractivity contribution in [3.05, 3.63) is 64.4 Å². The van der Waals surface area contributed by atoms with E-state index < -0.39 is 11.7 Å². The highest BCUT2D eigenvalue weighted by Gasteiger charge is 2.16. The number of aromatic nitrogens is 2. The number of benzene rings is 2. The lowest BCUT2D eigenvalue weighted by Gasteiger charge is -2.14. The van der Waals surface area contributed by atoms with Crippen LogP contribution in [0.5, 0.6) is 11.5 Å². The average Bonchev–Trinajstić information content (AvgIpc) is 3.12. The Morgan fingerprint density at radius 3 is 2.72 bits per heavy atom. The van der Waals surface area contributed by atoms with Crippen LogP contribution in [-0.4, -0.2) is 29.2 Å². The van der Waals surface area contributed by atoms with Crippen molar-refractivity contribution in [1.29, 1.82) is 0 Å². The smallest absolute Gasteiger partial charge is 0.255 e. The van der Waals surface area contributed by atoms with E-state index in [2.05, 4.69) is 26.2 Å². The minimum absolute atomic E-state index is 0.343. The van der Waals surface area contributed by atoms with Crippen LogP contribution < -0.4 is 14.8 Å². The third-order valence-corrected chi connectivity index (χ3v) is 4.82. The van der Waals surface area contributed by atoms with Crippen LogP contribution in [-0.2, 0) is 0 Å². The Bertz CT molecular complexity index is 1040. The molecule has 152 valence electrons. The second-order valence-corrected chi connectivity index (χ2v) is 7.16. The Labute approximate surface area is 176 Å². The number of methoxy groups -OCH3 is 1. The number of aryl methyl sites for hydroxylation is 1. The third kappa shape index (κ3) is 4.59. The summed E-state index contributed by atoms with van der Waals surface area (Å²) in [6.45, 7) is 4.32. The lowest BCUT2D eigenvalue weighted by molar-refractivity contribution is 0.102. The molecule has 3 aromatic rings. The Hall–Kier alpha value is -2.87. The molecule has 1 amide bonds. The number of carbonyl (C=O) groups excluding carboxylic acids is 1. The first-order valence-electron chi connectivity index (χ1n) is 9.06. The fraction of sp³-hybridized carbons (Fsp3) is 0.238. The van der Waals surface area contributed by atoms with Crippen molar-refractivity contribution < 1.29 is 18.7 Å². The van der Waals surface area contributed by atoms with Gasteiger partial charge in [-0.25, -0.2) is 9.37 Å². The van der Waals surface area contributed by atoms with E-state index in [0.29, 0.717) is 45.3 Å². The van der Waals surface area contributed by atoms with E-state index >= 15 is 0 Å². The SMILES string of the molecule is CCCOc1c(Br)cc(C(=O)Nc2ccc(-n3ccnc3C)c(F)c2)cc1OC. The normalized spacial score (nSPS) is 10.7. The first-order valence-corrected chi connectivity index (χ1v) is 9.85. The molecule has 0 aliphatic carbocycles. The standard InChI is InChI=1S/C21H21BrFN3O3/c1-4-9-29-20-16(22)10-14(11-19(20)28-3)21(27)25-15-5-6-18(17(23)12-15)26-8-7-24-13(26)2/h5-8,10-12H,4,9H2,1-3H3,(H,25,27). The molecule has 0 aliphatic heterocycles. The molecule has 0 radical (unpaired) electrons.